The number of aliphatic hydroxyl groups excluding tert-OH is 1. The number of piperidine rings is 1. The lowest BCUT2D eigenvalue weighted by molar-refractivity contribution is -0.225. The van der Waals surface area contributed by atoms with Crippen molar-refractivity contribution in [2.75, 3.05) is 26.7 Å². The monoisotopic (exact) mass is 504 g/mol. The van der Waals surface area contributed by atoms with Crippen LogP contribution in [0.25, 0.3) is 0 Å². The Morgan fingerprint density at radius 2 is 1.97 bits per heavy atom. The summed E-state index contributed by atoms with van der Waals surface area (Å²) in [4.78, 5) is 17.9. The Hall–Kier alpha value is -2.61. The number of ether oxygens (including phenoxy) is 1. The number of likely N-dealkylation sites (N-methyl/N-ethyl adjacent to an activating group) is 1. The van der Waals surface area contributed by atoms with Gasteiger partial charge in [0.25, 0.3) is 0 Å². The summed E-state index contributed by atoms with van der Waals surface area (Å²) < 4.78 is 6.36. The number of phenols is 1. The molecule has 196 valence electrons. The second-order valence-electron chi connectivity index (χ2n) is 12.1. The minimum atomic E-state index is -1.23. The molecular weight excluding hydrogens is 468 g/mol. The first-order valence-electron chi connectivity index (χ1n) is 13.8. The molecule has 6 atom stereocenters. The molecule has 7 rings (SSSR count). The number of aromatic hydroxyl groups is 1. The fourth-order valence-electron chi connectivity index (χ4n) is 8.05. The van der Waals surface area contributed by atoms with Crippen LogP contribution in [0.1, 0.15) is 42.4 Å². The molecule has 7 heteroatoms. The maximum absolute atomic E-state index is 13.8. The second-order valence-corrected chi connectivity index (χ2v) is 12.1. The fourth-order valence-corrected chi connectivity index (χ4v) is 8.05. The van der Waals surface area contributed by atoms with Crippen molar-refractivity contribution in [1.29, 1.82) is 0 Å². The Kier molecular flexibility index (Phi) is 5.20. The maximum Gasteiger partial charge on any atom is 0.228 e. The highest BCUT2D eigenvalue weighted by molar-refractivity contribution is 5.80. The minimum Gasteiger partial charge on any atom is -0.504 e. The summed E-state index contributed by atoms with van der Waals surface area (Å²) in [6, 6.07) is 13.5. The number of nitrogens with zero attached hydrogens (tertiary/aromatic N) is 2. The van der Waals surface area contributed by atoms with Crippen LogP contribution in [-0.4, -0.2) is 81.6 Å². The number of likely N-dealkylation sites (tertiary alicyclic amines) is 1. The van der Waals surface area contributed by atoms with Gasteiger partial charge in [0.1, 0.15) is 12.2 Å². The first-order chi connectivity index (χ1) is 17.8. The Bertz CT molecular complexity index is 1230. The summed E-state index contributed by atoms with van der Waals surface area (Å²) in [5.74, 6) is 0.178. The quantitative estimate of drug-likeness (QED) is 0.559. The van der Waals surface area contributed by atoms with E-state index in [0.29, 0.717) is 31.1 Å². The molecule has 3 fully saturated rings. The molecule has 0 radical (unpaired) electrons. The van der Waals surface area contributed by atoms with Crippen molar-refractivity contribution in [3.05, 3.63) is 59.2 Å². The third-order valence-corrected chi connectivity index (χ3v) is 10.1. The van der Waals surface area contributed by atoms with E-state index in [4.69, 9.17) is 4.74 Å². The van der Waals surface area contributed by atoms with Gasteiger partial charge in [0, 0.05) is 31.7 Å². The Morgan fingerprint density at radius 3 is 2.73 bits per heavy atom. The van der Waals surface area contributed by atoms with Gasteiger partial charge in [-0.2, -0.15) is 0 Å². The molecule has 7 nitrogen and oxygen atoms in total. The normalized spacial score (nSPS) is 35.5. The Labute approximate surface area is 217 Å². The summed E-state index contributed by atoms with van der Waals surface area (Å²) in [5, 5.41) is 35.2. The largest absolute Gasteiger partial charge is 0.504 e. The number of carbonyl (C=O) groups is 1. The molecule has 1 saturated heterocycles. The first-order valence-corrected chi connectivity index (χ1v) is 13.8. The molecule has 0 unspecified atom stereocenters. The zero-order valence-corrected chi connectivity index (χ0v) is 21.3. The summed E-state index contributed by atoms with van der Waals surface area (Å²) in [6.45, 7) is 2.32. The molecule has 5 aliphatic rings. The van der Waals surface area contributed by atoms with E-state index in [2.05, 4.69) is 4.90 Å². The van der Waals surface area contributed by atoms with E-state index in [1.165, 1.54) is 12.8 Å². The van der Waals surface area contributed by atoms with Crippen LogP contribution in [0.4, 0.5) is 0 Å². The van der Waals surface area contributed by atoms with E-state index in [1.807, 2.05) is 36.4 Å². The summed E-state index contributed by atoms with van der Waals surface area (Å²) in [6.07, 6.45) is 2.85. The van der Waals surface area contributed by atoms with E-state index >= 15 is 0 Å². The van der Waals surface area contributed by atoms with Gasteiger partial charge in [-0.3, -0.25) is 9.69 Å². The van der Waals surface area contributed by atoms with Crippen molar-refractivity contribution in [2.45, 2.75) is 67.8 Å². The van der Waals surface area contributed by atoms with E-state index in [1.54, 1.807) is 18.0 Å². The number of hydrogen-bond acceptors (Lipinski definition) is 6. The zero-order valence-electron chi connectivity index (χ0n) is 21.3. The van der Waals surface area contributed by atoms with Crippen LogP contribution in [-0.2, 0) is 23.1 Å². The van der Waals surface area contributed by atoms with Crippen LogP contribution in [0.15, 0.2) is 42.5 Å². The second kappa shape index (κ2) is 8.19. The van der Waals surface area contributed by atoms with Crippen LogP contribution in [0, 0.1) is 11.8 Å². The van der Waals surface area contributed by atoms with Crippen molar-refractivity contribution in [3.8, 4) is 11.5 Å². The molecule has 2 aromatic rings. The molecule has 2 aromatic carbocycles. The lowest BCUT2D eigenvalue weighted by Gasteiger charge is -2.64. The van der Waals surface area contributed by atoms with Gasteiger partial charge in [0.2, 0.25) is 5.91 Å². The molecule has 1 spiro atoms. The summed E-state index contributed by atoms with van der Waals surface area (Å²) in [5.41, 5.74) is 1.06. The average molecular weight is 505 g/mol. The van der Waals surface area contributed by atoms with Crippen molar-refractivity contribution in [1.82, 2.24) is 9.80 Å². The predicted octanol–water partition coefficient (Wildman–Crippen LogP) is 2.24. The van der Waals surface area contributed by atoms with Gasteiger partial charge in [-0.15, -0.1) is 0 Å². The van der Waals surface area contributed by atoms with Crippen molar-refractivity contribution >= 4 is 5.91 Å². The molecule has 37 heavy (non-hydrogen) atoms. The van der Waals surface area contributed by atoms with Crippen LogP contribution < -0.4 is 4.74 Å². The Morgan fingerprint density at radius 1 is 1.19 bits per heavy atom. The number of carbonyl (C=O) groups excluding carboxylic acids is 1. The zero-order chi connectivity index (χ0) is 25.5. The highest BCUT2D eigenvalue weighted by Crippen LogP contribution is 2.66. The molecule has 3 N–H and O–H groups in total. The van der Waals surface area contributed by atoms with Crippen LogP contribution >= 0.6 is 0 Å². The highest BCUT2D eigenvalue weighted by Gasteiger charge is 2.75. The van der Waals surface area contributed by atoms with Crippen LogP contribution in [0.3, 0.4) is 0 Å². The molecule has 2 bridgehead atoms. The lowest BCUT2D eigenvalue weighted by atomic mass is 9.47. The van der Waals surface area contributed by atoms with Crippen LogP contribution in [0.2, 0.25) is 0 Å². The minimum absolute atomic E-state index is 0.0405. The molecular formula is C30H36N2O5. The van der Waals surface area contributed by atoms with Gasteiger partial charge in [-0.1, -0.05) is 36.4 Å². The fraction of sp³-hybridized carbons (Fsp3) is 0.567. The van der Waals surface area contributed by atoms with E-state index in [-0.39, 0.29) is 24.1 Å². The van der Waals surface area contributed by atoms with Gasteiger partial charge in [0.05, 0.1) is 16.9 Å². The molecule has 3 aliphatic carbocycles. The van der Waals surface area contributed by atoms with Gasteiger partial charge in [-0.25, -0.2) is 0 Å². The summed E-state index contributed by atoms with van der Waals surface area (Å²) in [7, 11) is 1.78. The predicted molar refractivity (Wildman–Crippen MR) is 137 cm³/mol. The van der Waals surface area contributed by atoms with Gasteiger partial charge >= 0.3 is 0 Å². The number of benzene rings is 2. The maximum atomic E-state index is 13.8. The third kappa shape index (κ3) is 3.26. The number of aliphatic hydroxyl groups is 2. The standard InChI is InChI=1S/C30H36N2O5/c1-31(13-11-18-5-3-2-4-6-18)28(35)21-16-30(36)23-15-20-9-10-22(33)26-24(20)29(30,27(37-26)25(21)34)12-14-32(23)17-19-7-8-19/h2-6,9-10,19,21,23,25,27,33-34,36H,7-8,11-17H2,1H3/t21-,23+,25-,27-,29-,30+/m0/s1. The third-order valence-electron chi connectivity index (χ3n) is 10.1. The topological polar surface area (TPSA) is 93.5 Å². The summed E-state index contributed by atoms with van der Waals surface area (Å²) >= 11 is 0. The van der Waals surface area contributed by atoms with Crippen LogP contribution in [0.5, 0.6) is 11.5 Å². The Balaban J connectivity index is 1.24. The number of rotatable bonds is 6. The molecule has 2 heterocycles. The molecule has 2 saturated carbocycles. The van der Waals surface area contributed by atoms with Crippen molar-refractivity contribution in [2.24, 2.45) is 11.8 Å². The van der Waals surface area contributed by atoms with E-state index in [0.717, 1.165) is 36.2 Å². The van der Waals surface area contributed by atoms with E-state index < -0.39 is 29.1 Å². The van der Waals surface area contributed by atoms with Gasteiger partial charge in [-0.05, 0) is 68.2 Å². The smallest absolute Gasteiger partial charge is 0.228 e. The van der Waals surface area contributed by atoms with Gasteiger partial charge in [0.15, 0.2) is 11.5 Å². The van der Waals surface area contributed by atoms with Crippen molar-refractivity contribution in [3.63, 3.8) is 0 Å². The van der Waals surface area contributed by atoms with Crippen molar-refractivity contribution < 1.29 is 24.9 Å². The number of phenolic OH excluding ortho intramolecular Hbond substituents is 1. The lowest BCUT2D eigenvalue weighted by Crippen LogP contribution is -2.79. The molecule has 1 amide bonds. The molecule has 0 aromatic heterocycles. The SMILES string of the molecule is CN(CCc1ccccc1)C(=O)[C@H]1C[C@@]2(O)[C@H]3Cc4ccc(O)c5c4[C@@]2(CCN3CC2CC2)[C@@H](O5)[C@H]1O. The number of amides is 1. The number of hydrogen-bond donors (Lipinski definition) is 3. The molecule has 2 aliphatic heterocycles. The average Bonchev–Trinajstić information content (AvgIpc) is 3.64. The van der Waals surface area contributed by atoms with E-state index in [9.17, 15) is 20.1 Å². The van der Waals surface area contributed by atoms with Gasteiger partial charge < -0.3 is 25.0 Å². The highest BCUT2D eigenvalue weighted by atomic mass is 16.5. The first kappa shape index (κ1) is 23.5.